The molecule has 0 spiro atoms. The molecule has 11 heteroatoms. The van der Waals surface area contributed by atoms with Gasteiger partial charge in [-0.2, -0.15) is 4.98 Å². The zero-order valence-electron chi connectivity index (χ0n) is 19.5. The zero-order valence-corrected chi connectivity index (χ0v) is 19.5. The third-order valence-electron chi connectivity index (χ3n) is 6.27. The molecule has 4 heterocycles. The molecule has 2 saturated heterocycles. The minimum absolute atomic E-state index is 0.0638. The molecule has 0 radical (unpaired) electrons. The van der Waals surface area contributed by atoms with E-state index in [0.29, 0.717) is 50.1 Å². The van der Waals surface area contributed by atoms with Crippen LogP contribution in [0.1, 0.15) is 13.8 Å². The normalized spacial score (nSPS) is 23.2. The van der Waals surface area contributed by atoms with Crippen molar-refractivity contribution in [2.45, 2.75) is 26.1 Å². The van der Waals surface area contributed by atoms with Gasteiger partial charge in [0.05, 0.1) is 38.1 Å². The first-order valence-corrected chi connectivity index (χ1v) is 11.6. The zero-order chi connectivity index (χ0) is 24.5. The molecular weight excluding hydrogens is 457 g/mol. The van der Waals surface area contributed by atoms with E-state index in [1.807, 2.05) is 13.8 Å². The summed E-state index contributed by atoms with van der Waals surface area (Å²) in [5.74, 6) is 0.373. The monoisotopic (exact) mass is 483 g/mol. The van der Waals surface area contributed by atoms with Crippen LogP contribution in [-0.2, 0) is 9.47 Å². The van der Waals surface area contributed by atoms with Gasteiger partial charge in [0.15, 0.2) is 11.5 Å². The van der Waals surface area contributed by atoms with Gasteiger partial charge in [-0.3, -0.25) is 0 Å². The molecule has 2 atom stereocenters. The maximum Gasteiger partial charge on any atom is 0.410 e. The number of rotatable bonds is 4. The number of piperidine rings is 1. The summed E-state index contributed by atoms with van der Waals surface area (Å²) in [6.07, 6.45) is 0.602. The second kappa shape index (κ2) is 9.54. The van der Waals surface area contributed by atoms with Crippen molar-refractivity contribution in [3.05, 3.63) is 41.8 Å². The van der Waals surface area contributed by atoms with E-state index in [1.165, 1.54) is 12.4 Å². The Morgan fingerprint density at radius 2 is 2.03 bits per heavy atom. The minimum Gasteiger partial charge on any atom is -0.483 e. The van der Waals surface area contributed by atoms with E-state index in [2.05, 4.69) is 14.8 Å². The maximum absolute atomic E-state index is 14.8. The number of nitrogens with zero attached hydrogens (tertiary/aromatic N) is 5. The van der Waals surface area contributed by atoms with Gasteiger partial charge in [-0.25, -0.2) is 19.0 Å². The number of carbonyl (C=O) groups excluding carboxylic acids is 1. The van der Waals surface area contributed by atoms with E-state index in [9.17, 15) is 9.18 Å². The molecule has 2 bridgehead atoms. The molecule has 184 valence electrons. The first-order valence-electron chi connectivity index (χ1n) is 11.6. The standard InChI is InChI=1S/C24H26FN5O5/c1-14(2)34-24(31)29-9-15-11-32-12-16(10-29)20(15)35-23-21-22(27-13-28-23)30(6-7-33-21)19-5-4-17(26-3)8-18(19)25/h4-5,8,13-16,20H,6-7,9-12H2,1-2H3. The van der Waals surface area contributed by atoms with Gasteiger partial charge in [-0.15, -0.1) is 0 Å². The van der Waals surface area contributed by atoms with Gasteiger partial charge >= 0.3 is 6.09 Å². The number of benzene rings is 1. The molecule has 2 unspecified atom stereocenters. The van der Waals surface area contributed by atoms with Crippen LogP contribution >= 0.6 is 0 Å². The molecular formula is C24H26FN5O5. The average molecular weight is 484 g/mol. The molecule has 1 aromatic heterocycles. The first kappa shape index (κ1) is 23.1. The molecule has 1 aromatic carbocycles. The van der Waals surface area contributed by atoms with E-state index in [0.717, 1.165) is 0 Å². The second-order valence-electron chi connectivity index (χ2n) is 9.06. The van der Waals surface area contributed by atoms with Gasteiger partial charge in [0, 0.05) is 24.9 Å². The quantitative estimate of drug-likeness (QED) is 0.610. The third kappa shape index (κ3) is 4.53. The number of carbonyl (C=O) groups is 1. The van der Waals surface area contributed by atoms with Crippen molar-refractivity contribution >= 4 is 23.3 Å². The summed E-state index contributed by atoms with van der Waals surface area (Å²) in [6.45, 7) is 13.2. The Balaban J connectivity index is 1.38. The van der Waals surface area contributed by atoms with Crippen molar-refractivity contribution < 1.29 is 28.1 Å². The van der Waals surface area contributed by atoms with E-state index in [1.54, 1.807) is 21.9 Å². The molecule has 2 fully saturated rings. The van der Waals surface area contributed by atoms with E-state index < -0.39 is 5.82 Å². The number of halogens is 1. The van der Waals surface area contributed by atoms with Crippen molar-refractivity contribution in [2.24, 2.45) is 11.8 Å². The maximum atomic E-state index is 14.8. The number of aromatic nitrogens is 2. The van der Waals surface area contributed by atoms with Crippen LogP contribution in [0.2, 0.25) is 0 Å². The Hall–Kier alpha value is -3.65. The summed E-state index contributed by atoms with van der Waals surface area (Å²) in [4.78, 5) is 27.8. The van der Waals surface area contributed by atoms with Crippen LogP contribution in [0, 0.1) is 24.2 Å². The van der Waals surface area contributed by atoms with E-state index in [4.69, 9.17) is 25.5 Å². The van der Waals surface area contributed by atoms with E-state index >= 15 is 0 Å². The molecule has 0 saturated carbocycles. The number of anilines is 2. The largest absolute Gasteiger partial charge is 0.483 e. The molecule has 1 amide bonds. The van der Waals surface area contributed by atoms with Crippen LogP contribution in [0.4, 0.5) is 26.4 Å². The van der Waals surface area contributed by atoms with Crippen molar-refractivity contribution in [2.75, 3.05) is 44.4 Å². The molecule has 0 N–H and O–H groups in total. The van der Waals surface area contributed by atoms with Crippen LogP contribution in [0.15, 0.2) is 24.5 Å². The highest BCUT2D eigenvalue weighted by Gasteiger charge is 2.45. The number of amides is 1. The lowest BCUT2D eigenvalue weighted by Crippen LogP contribution is -2.58. The minimum atomic E-state index is -0.514. The molecule has 3 aliphatic heterocycles. The van der Waals surface area contributed by atoms with Crippen LogP contribution < -0.4 is 14.4 Å². The summed E-state index contributed by atoms with van der Waals surface area (Å²) in [7, 11) is 0. The summed E-state index contributed by atoms with van der Waals surface area (Å²) in [5, 5.41) is 0. The van der Waals surface area contributed by atoms with Gasteiger partial charge in [-0.05, 0) is 26.0 Å². The molecule has 35 heavy (non-hydrogen) atoms. The molecule has 5 rings (SSSR count). The highest BCUT2D eigenvalue weighted by atomic mass is 19.1. The molecule has 2 aromatic rings. The van der Waals surface area contributed by atoms with E-state index in [-0.39, 0.29) is 48.3 Å². The number of fused-ring (bicyclic) bond motifs is 3. The van der Waals surface area contributed by atoms with Crippen LogP contribution in [0.5, 0.6) is 11.6 Å². The number of hydrogen-bond acceptors (Lipinski definition) is 8. The Labute approximate surface area is 202 Å². The fourth-order valence-electron chi connectivity index (χ4n) is 4.76. The predicted molar refractivity (Wildman–Crippen MR) is 123 cm³/mol. The number of likely N-dealkylation sites (tertiary alicyclic amines) is 1. The molecule has 10 nitrogen and oxygen atoms in total. The summed E-state index contributed by atoms with van der Waals surface area (Å²) < 4.78 is 38.1. The summed E-state index contributed by atoms with van der Waals surface area (Å²) >= 11 is 0. The predicted octanol–water partition coefficient (Wildman–Crippen LogP) is 3.57. The lowest BCUT2D eigenvalue weighted by atomic mass is 9.84. The lowest BCUT2D eigenvalue weighted by molar-refractivity contribution is -0.111. The smallest absolute Gasteiger partial charge is 0.410 e. The lowest BCUT2D eigenvalue weighted by Gasteiger charge is -2.46. The highest BCUT2D eigenvalue weighted by molar-refractivity contribution is 5.71. The summed E-state index contributed by atoms with van der Waals surface area (Å²) in [6, 6.07) is 4.34. The van der Waals surface area contributed by atoms with Gasteiger partial charge in [0.2, 0.25) is 5.75 Å². The Bertz CT molecular complexity index is 1140. The highest BCUT2D eigenvalue weighted by Crippen LogP contribution is 2.43. The number of hydrogen-bond donors (Lipinski definition) is 0. The Kier molecular flexibility index (Phi) is 6.30. The third-order valence-corrected chi connectivity index (χ3v) is 6.27. The fourth-order valence-corrected chi connectivity index (χ4v) is 4.76. The Morgan fingerprint density at radius 1 is 1.26 bits per heavy atom. The molecule has 3 aliphatic rings. The van der Waals surface area contributed by atoms with Gasteiger partial charge < -0.3 is 28.7 Å². The van der Waals surface area contributed by atoms with Gasteiger partial charge in [0.1, 0.15) is 24.9 Å². The van der Waals surface area contributed by atoms with Crippen molar-refractivity contribution in [1.82, 2.24) is 14.9 Å². The van der Waals surface area contributed by atoms with Gasteiger partial charge in [-0.1, -0.05) is 6.07 Å². The average Bonchev–Trinajstić information content (AvgIpc) is 2.83. The van der Waals surface area contributed by atoms with Crippen LogP contribution in [-0.4, -0.2) is 72.6 Å². The number of ether oxygens (including phenoxy) is 4. The SMILES string of the molecule is [C-]#[N+]c1ccc(N2CCOc3c(OC4C5COCC4CN(C(=O)OC(C)C)C5)ncnc32)c(F)c1. The van der Waals surface area contributed by atoms with Crippen LogP contribution in [0.3, 0.4) is 0 Å². The topological polar surface area (TPSA) is 90.6 Å². The summed E-state index contributed by atoms with van der Waals surface area (Å²) in [5.41, 5.74) is 0.526. The van der Waals surface area contributed by atoms with Gasteiger partial charge in [0.25, 0.3) is 5.88 Å². The second-order valence-corrected chi connectivity index (χ2v) is 9.06. The van der Waals surface area contributed by atoms with Crippen molar-refractivity contribution in [3.8, 4) is 11.6 Å². The molecule has 0 aliphatic carbocycles. The van der Waals surface area contributed by atoms with Crippen LogP contribution in [0.25, 0.3) is 4.85 Å². The Morgan fingerprint density at radius 3 is 2.71 bits per heavy atom. The van der Waals surface area contributed by atoms with Crippen molar-refractivity contribution in [3.63, 3.8) is 0 Å². The first-order chi connectivity index (χ1) is 16.9. The van der Waals surface area contributed by atoms with Crippen molar-refractivity contribution in [1.29, 1.82) is 0 Å². The fraction of sp³-hybridized carbons (Fsp3) is 0.500.